The average Bonchev–Trinajstić information content (AvgIpc) is 3.18. The maximum Gasteiger partial charge on any atom is 0.0689 e. The van der Waals surface area contributed by atoms with E-state index in [0.29, 0.717) is 5.92 Å². The Bertz CT molecular complexity index is 701. The molecule has 3 nitrogen and oxygen atoms in total. The topological polar surface area (TPSA) is 34.1 Å². The molecule has 2 aliphatic rings. The summed E-state index contributed by atoms with van der Waals surface area (Å²) in [7, 11) is 0. The second-order valence-electron chi connectivity index (χ2n) is 7.88. The van der Waals surface area contributed by atoms with Crippen LogP contribution in [0.1, 0.15) is 62.6 Å². The predicted octanol–water partition coefficient (Wildman–Crippen LogP) is 5.78. The van der Waals surface area contributed by atoms with Gasteiger partial charge in [0.05, 0.1) is 5.60 Å². The minimum atomic E-state index is 0.209. The van der Waals surface area contributed by atoms with E-state index in [4.69, 9.17) is 16.3 Å². The van der Waals surface area contributed by atoms with Gasteiger partial charge in [-0.15, -0.1) is 0 Å². The number of hydrogen-bond acceptors (Lipinski definition) is 3. The van der Waals surface area contributed by atoms with Gasteiger partial charge >= 0.3 is 0 Å². The summed E-state index contributed by atoms with van der Waals surface area (Å²) < 4.78 is 6.05. The van der Waals surface area contributed by atoms with Crippen LogP contribution in [0.25, 0.3) is 0 Å². The zero-order valence-corrected chi connectivity index (χ0v) is 17.8. The molecule has 1 aromatic carbocycles. The van der Waals surface area contributed by atoms with Crippen LogP contribution in [0.4, 0.5) is 0 Å². The number of nitrogens with zero attached hydrogens (tertiary/aromatic N) is 1. The number of ether oxygens (including phenoxy) is 1. The standard InChI is InChI=1S/C14H19NO.C10H14ClN/c1-4-9-15-13(5-1)12-6-10-16-14(11-12)7-2-3-8-14;1-2-12-8-7-9-5-3-4-6-10(9)11/h1,4-5,9,12H,2-3,6-8,10-11H2;3-6,12H,2,7-8H2,1H3. The third-order valence-electron chi connectivity index (χ3n) is 5.89. The van der Waals surface area contributed by atoms with Crippen molar-refractivity contribution in [2.24, 2.45) is 0 Å². The van der Waals surface area contributed by atoms with Gasteiger partial charge in [0, 0.05) is 29.4 Å². The highest BCUT2D eigenvalue weighted by molar-refractivity contribution is 6.31. The van der Waals surface area contributed by atoms with E-state index in [2.05, 4.69) is 35.4 Å². The Morgan fingerprint density at radius 1 is 1.14 bits per heavy atom. The van der Waals surface area contributed by atoms with Gasteiger partial charge in [-0.3, -0.25) is 4.98 Å². The van der Waals surface area contributed by atoms with Crippen LogP contribution in [0.5, 0.6) is 0 Å². The Balaban J connectivity index is 0.000000169. The first-order valence-corrected chi connectivity index (χ1v) is 11.1. The monoisotopic (exact) mass is 400 g/mol. The van der Waals surface area contributed by atoms with Crippen LogP contribution in [-0.2, 0) is 11.2 Å². The van der Waals surface area contributed by atoms with E-state index in [-0.39, 0.29) is 5.60 Å². The molecule has 1 saturated carbocycles. The molecule has 1 unspecified atom stereocenters. The molecule has 1 aliphatic heterocycles. The molecule has 1 saturated heterocycles. The molecule has 1 spiro atoms. The summed E-state index contributed by atoms with van der Waals surface area (Å²) in [6.07, 6.45) is 10.4. The Labute approximate surface area is 174 Å². The first-order chi connectivity index (χ1) is 13.7. The summed E-state index contributed by atoms with van der Waals surface area (Å²) >= 11 is 5.98. The van der Waals surface area contributed by atoms with Crippen LogP contribution in [0, 0.1) is 0 Å². The van der Waals surface area contributed by atoms with Gasteiger partial charge in [0.15, 0.2) is 0 Å². The second kappa shape index (κ2) is 10.9. The molecule has 2 aromatic rings. The quantitative estimate of drug-likeness (QED) is 0.646. The molecule has 28 heavy (non-hydrogen) atoms. The lowest BCUT2D eigenvalue weighted by atomic mass is 9.83. The number of benzene rings is 1. The molecule has 2 fully saturated rings. The normalized spacial score (nSPS) is 20.6. The minimum absolute atomic E-state index is 0.209. The van der Waals surface area contributed by atoms with Gasteiger partial charge in [0.2, 0.25) is 0 Å². The molecule has 0 radical (unpaired) electrons. The van der Waals surface area contributed by atoms with E-state index >= 15 is 0 Å². The Hall–Kier alpha value is -1.42. The Kier molecular flexibility index (Phi) is 8.32. The summed E-state index contributed by atoms with van der Waals surface area (Å²) in [5, 5.41) is 4.14. The molecule has 4 heteroatoms. The van der Waals surface area contributed by atoms with Crippen LogP contribution in [0.15, 0.2) is 48.7 Å². The number of rotatable bonds is 5. The van der Waals surface area contributed by atoms with Gasteiger partial charge in [-0.25, -0.2) is 0 Å². The van der Waals surface area contributed by atoms with Crippen molar-refractivity contribution in [3.63, 3.8) is 0 Å². The lowest BCUT2D eigenvalue weighted by molar-refractivity contribution is -0.0809. The van der Waals surface area contributed by atoms with Crippen LogP contribution >= 0.6 is 11.6 Å². The molecule has 1 aliphatic carbocycles. The van der Waals surface area contributed by atoms with E-state index in [1.165, 1.54) is 43.4 Å². The fraction of sp³-hybridized carbons (Fsp3) is 0.542. The van der Waals surface area contributed by atoms with Crippen molar-refractivity contribution in [2.75, 3.05) is 19.7 Å². The number of pyridine rings is 1. The largest absolute Gasteiger partial charge is 0.375 e. The highest BCUT2D eigenvalue weighted by atomic mass is 35.5. The van der Waals surface area contributed by atoms with Crippen molar-refractivity contribution in [1.29, 1.82) is 0 Å². The third-order valence-corrected chi connectivity index (χ3v) is 6.26. The lowest BCUT2D eigenvalue weighted by Crippen LogP contribution is -2.36. The molecule has 0 amide bonds. The number of likely N-dealkylation sites (N-methyl/N-ethyl adjacent to an activating group) is 1. The maximum absolute atomic E-state index is 6.05. The van der Waals surface area contributed by atoms with Crippen molar-refractivity contribution in [2.45, 2.75) is 63.4 Å². The maximum atomic E-state index is 6.05. The molecule has 0 bridgehead atoms. The summed E-state index contributed by atoms with van der Waals surface area (Å²) in [4.78, 5) is 4.50. The van der Waals surface area contributed by atoms with E-state index in [9.17, 15) is 0 Å². The fourth-order valence-electron chi connectivity index (χ4n) is 4.37. The molecule has 1 aromatic heterocycles. The summed E-state index contributed by atoms with van der Waals surface area (Å²) in [6, 6.07) is 14.2. The molecular formula is C24H33ClN2O. The van der Waals surface area contributed by atoms with Gasteiger partial charge in [0.1, 0.15) is 0 Å². The molecule has 4 rings (SSSR count). The SMILES string of the molecule is CCNCCc1ccccc1Cl.c1ccc(C2CCOC3(CCCC3)C2)nc1. The van der Waals surface area contributed by atoms with E-state index in [0.717, 1.165) is 37.6 Å². The molecule has 1 N–H and O–H groups in total. The van der Waals surface area contributed by atoms with Crippen molar-refractivity contribution < 1.29 is 4.74 Å². The van der Waals surface area contributed by atoms with Crippen molar-refractivity contribution in [3.05, 3.63) is 64.9 Å². The van der Waals surface area contributed by atoms with Crippen molar-refractivity contribution >= 4 is 11.6 Å². The number of halogens is 1. The number of hydrogen-bond donors (Lipinski definition) is 1. The second-order valence-corrected chi connectivity index (χ2v) is 8.29. The zero-order chi connectivity index (χ0) is 19.7. The van der Waals surface area contributed by atoms with Crippen LogP contribution in [0.3, 0.4) is 0 Å². The lowest BCUT2D eigenvalue weighted by Gasteiger charge is -2.38. The van der Waals surface area contributed by atoms with Gasteiger partial charge in [-0.05, 0) is 69.0 Å². The van der Waals surface area contributed by atoms with Crippen molar-refractivity contribution in [1.82, 2.24) is 10.3 Å². The van der Waals surface area contributed by atoms with E-state index in [1.807, 2.05) is 30.5 Å². The van der Waals surface area contributed by atoms with Crippen LogP contribution in [-0.4, -0.2) is 30.3 Å². The molecule has 2 heterocycles. The predicted molar refractivity (Wildman–Crippen MR) is 117 cm³/mol. The number of aromatic nitrogens is 1. The first kappa shape index (κ1) is 21.3. The Morgan fingerprint density at radius 3 is 2.64 bits per heavy atom. The average molecular weight is 401 g/mol. The smallest absolute Gasteiger partial charge is 0.0689 e. The molecule has 152 valence electrons. The molecular weight excluding hydrogens is 368 g/mol. The van der Waals surface area contributed by atoms with Gasteiger partial charge in [0.25, 0.3) is 0 Å². The minimum Gasteiger partial charge on any atom is -0.375 e. The van der Waals surface area contributed by atoms with E-state index in [1.54, 1.807) is 0 Å². The summed E-state index contributed by atoms with van der Waals surface area (Å²) in [5.41, 5.74) is 2.69. The highest BCUT2D eigenvalue weighted by Gasteiger charge is 2.40. The van der Waals surface area contributed by atoms with Crippen molar-refractivity contribution in [3.8, 4) is 0 Å². The molecule has 1 atom stereocenters. The third kappa shape index (κ3) is 6.04. The highest BCUT2D eigenvalue weighted by Crippen LogP contribution is 2.44. The van der Waals surface area contributed by atoms with Crippen LogP contribution in [0.2, 0.25) is 5.02 Å². The van der Waals surface area contributed by atoms with Gasteiger partial charge < -0.3 is 10.1 Å². The van der Waals surface area contributed by atoms with Gasteiger partial charge in [-0.1, -0.05) is 55.6 Å². The van der Waals surface area contributed by atoms with E-state index < -0.39 is 0 Å². The Morgan fingerprint density at radius 2 is 1.93 bits per heavy atom. The zero-order valence-electron chi connectivity index (χ0n) is 17.0. The summed E-state index contributed by atoms with van der Waals surface area (Å²) in [6.45, 7) is 5.04. The first-order valence-electron chi connectivity index (χ1n) is 10.7. The number of nitrogens with one attached hydrogen (secondary N) is 1. The van der Waals surface area contributed by atoms with Gasteiger partial charge in [-0.2, -0.15) is 0 Å². The summed E-state index contributed by atoms with van der Waals surface area (Å²) in [5.74, 6) is 0.619. The van der Waals surface area contributed by atoms with Crippen LogP contribution < -0.4 is 5.32 Å². The fourth-order valence-corrected chi connectivity index (χ4v) is 4.60.